The molecule has 0 atom stereocenters. The van der Waals surface area contributed by atoms with Crippen molar-refractivity contribution in [3.63, 3.8) is 0 Å². The molecule has 6 heteroatoms. The Kier molecular flexibility index (Phi) is 5.38. The van der Waals surface area contributed by atoms with Gasteiger partial charge in [0.15, 0.2) is 0 Å². The maximum atomic E-state index is 14.3. The molecule has 0 unspecified atom stereocenters. The van der Waals surface area contributed by atoms with Gasteiger partial charge in [0.05, 0.1) is 18.4 Å². The molecule has 2 aromatic rings. The zero-order valence-electron chi connectivity index (χ0n) is 14.4. The number of nitrogens with one attached hydrogen (secondary N) is 1. The molecule has 2 aromatic carbocycles. The number of carbonyl (C=O) groups excluding carboxylic acids is 1. The standard InChI is InChI=1S/C20H18ClFN2O2/c1-12(2)26-19(25)10-14-11-23-20(15-5-3-4-6-17(15)22)16-9-13(21)7-8-18(16)24-14/h3-10,12,24H,11H2,1-2H3/b14-10-. The molecule has 26 heavy (non-hydrogen) atoms. The number of carbonyl (C=O) groups is 1. The van der Waals surface area contributed by atoms with E-state index in [1.807, 2.05) is 0 Å². The number of anilines is 1. The third-order valence-corrected chi connectivity index (χ3v) is 3.95. The Hall–Kier alpha value is -2.66. The van der Waals surface area contributed by atoms with Crippen molar-refractivity contribution < 1.29 is 13.9 Å². The van der Waals surface area contributed by atoms with Crippen molar-refractivity contribution >= 4 is 29.0 Å². The Bertz CT molecular complexity index is 906. The highest BCUT2D eigenvalue weighted by Crippen LogP contribution is 2.28. The summed E-state index contributed by atoms with van der Waals surface area (Å²) in [5.74, 6) is -0.827. The predicted octanol–water partition coefficient (Wildman–Crippen LogP) is 4.58. The topological polar surface area (TPSA) is 50.7 Å². The van der Waals surface area contributed by atoms with Crippen LogP contribution >= 0.6 is 11.6 Å². The molecule has 4 nitrogen and oxygen atoms in total. The highest BCUT2D eigenvalue weighted by Gasteiger charge is 2.20. The Balaban J connectivity index is 2.06. The van der Waals surface area contributed by atoms with Crippen LogP contribution in [-0.2, 0) is 9.53 Å². The Morgan fingerprint density at radius 1 is 1.27 bits per heavy atom. The van der Waals surface area contributed by atoms with Crippen molar-refractivity contribution in [1.82, 2.24) is 0 Å². The molecule has 0 bridgehead atoms. The maximum Gasteiger partial charge on any atom is 0.332 e. The Morgan fingerprint density at radius 2 is 2.04 bits per heavy atom. The molecule has 0 saturated heterocycles. The maximum absolute atomic E-state index is 14.3. The van der Waals surface area contributed by atoms with Crippen LogP contribution in [0.4, 0.5) is 10.1 Å². The Labute approximate surface area is 156 Å². The molecule has 134 valence electrons. The summed E-state index contributed by atoms with van der Waals surface area (Å²) in [4.78, 5) is 16.5. The zero-order chi connectivity index (χ0) is 18.7. The van der Waals surface area contributed by atoms with Gasteiger partial charge >= 0.3 is 5.97 Å². The summed E-state index contributed by atoms with van der Waals surface area (Å²) in [5.41, 5.74) is 2.78. The highest BCUT2D eigenvalue weighted by atomic mass is 35.5. The summed E-state index contributed by atoms with van der Waals surface area (Å²) in [5, 5.41) is 3.69. The fourth-order valence-electron chi connectivity index (χ4n) is 2.66. The van der Waals surface area contributed by atoms with E-state index >= 15 is 0 Å². The number of esters is 1. The van der Waals surface area contributed by atoms with E-state index in [-0.39, 0.29) is 18.5 Å². The molecule has 1 N–H and O–H groups in total. The van der Waals surface area contributed by atoms with Gasteiger partial charge in [0.2, 0.25) is 0 Å². The predicted molar refractivity (Wildman–Crippen MR) is 101 cm³/mol. The molecule has 1 heterocycles. The number of aliphatic imine (C=N–C) groups is 1. The van der Waals surface area contributed by atoms with Crippen LogP contribution in [0, 0.1) is 5.82 Å². The first-order valence-corrected chi connectivity index (χ1v) is 8.59. The summed E-state index contributed by atoms with van der Waals surface area (Å²) in [6.07, 6.45) is 1.15. The SMILES string of the molecule is CC(C)OC(=O)/C=C1/CN=C(c2ccccc2F)c2cc(Cl)ccc2N1. The van der Waals surface area contributed by atoms with Crippen molar-refractivity contribution in [3.05, 3.63) is 76.2 Å². The lowest BCUT2D eigenvalue weighted by atomic mass is 10.00. The molecule has 0 aromatic heterocycles. The van der Waals surface area contributed by atoms with Crippen LogP contribution in [0.25, 0.3) is 0 Å². The van der Waals surface area contributed by atoms with Crippen molar-refractivity contribution in [2.75, 3.05) is 11.9 Å². The first-order valence-electron chi connectivity index (χ1n) is 8.21. The first kappa shape index (κ1) is 18.1. The van der Waals surface area contributed by atoms with E-state index < -0.39 is 5.97 Å². The smallest absolute Gasteiger partial charge is 0.332 e. The van der Waals surface area contributed by atoms with Gasteiger partial charge in [-0.1, -0.05) is 23.7 Å². The molecule has 0 fully saturated rings. The van der Waals surface area contributed by atoms with Crippen LogP contribution in [-0.4, -0.2) is 24.3 Å². The monoisotopic (exact) mass is 372 g/mol. The summed E-state index contributed by atoms with van der Waals surface area (Å²) in [7, 11) is 0. The van der Waals surface area contributed by atoms with E-state index in [9.17, 15) is 9.18 Å². The number of halogens is 2. The number of hydrogen-bond acceptors (Lipinski definition) is 4. The van der Waals surface area contributed by atoms with Gasteiger partial charge in [0.1, 0.15) is 5.82 Å². The third-order valence-electron chi connectivity index (χ3n) is 3.71. The fourth-order valence-corrected chi connectivity index (χ4v) is 2.83. The van der Waals surface area contributed by atoms with Crippen LogP contribution in [0.2, 0.25) is 5.02 Å². The normalized spacial score (nSPS) is 15.1. The second-order valence-corrected chi connectivity index (χ2v) is 6.55. The minimum Gasteiger partial charge on any atom is -0.460 e. The fraction of sp³-hybridized carbons (Fsp3) is 0.200. The van der Waals surface area contributed by atoms with Gasteiger partial charge in [-0.15, -0.1) is 0 Å². The molecule has 0 saturated carbocycles. The van der Waals surface area contributed by atoms with E-state index in [0.29, 0.717) is 33.2 Å². The summed E-state index contributed by atoms with van der Waals surface area (Å²) in [6, 6.07) is 11.7. The van der Waals surface area contributed by atoms with Crippen LogP contribution in [0.1, 0.15) is 25.0 Å². The van der Waals surface area contributed by atoms with E-state index in [4.69, 9.17) is 16.3 Å². The summed E-state index contributed by atoms with van der Waals surface area (Å²) in [6.45, 7) is 3.74. The lowest BCUT2D eigenvalue weighted by Crippen LogP contribution is -2.12. The lowest BCUT2D eigenvalue weighted by molar-refractivity contribution is -0.141. The van der Waals surface area contributed by atoms with Crippen molar-refractivity contribution in [3.8, 4) is 0 Å². The summed E-state index contributed by atoms with van der Waals surface area (Å²) < 4.78 is 19.5. The van der Waals surface area contributed by atoms with Gasteiger partial charge in [-0.3, -0.25) is 4.99 Å². The van der Waals surface area contributed by atoms with Gasteiger partial charge in [-0.05, 0) is 44.2 Å². The minimum absolute atomic E-state index is 0.184. The summed E-state index contributed by atoms with van der Waals surface area (Å²) >= 11 is 6.14. The lowest BCUT2D eigenvalue weighted by Gasteiger charge is -2.12. The molecule has 0 aliphatic carbocycles. The molecular formula is C20H18ClFN2O2. The van der Waals surface area contributed by atoms with Crippen molar-refractivity contribution in [2.24, 2.45) is 4.99 Å². The quantitative estimate of drug-likeness (QED) is 0.634. The van der Waals surface area contributed by atoms with E-state index in [1.54, 1.807) is 50.2 Å². The largest absolute Gasteiger partial charge is 0.460 e. The number of rotatable bonds is 3. The van der Waals surface area contributed by atoms with E-state index in [2.05, 4.69) is 10.3 Å². The van der Waals surface area contributed by atoms with E-state index in [1.165, 1.54) is 12.1 Å². The van der Waals surface area contributed by atoms with Gasteiger partial charge in [-0.2, -0.15) is 0 Å². The number of nitrogens with zero attached hydrogens (tertiary/aromatic N) is 1. The third kappa shape index (κ3) is 4.11. The average Bonchev–Trinajstić information content (AvgIpc) is 2.74. The molecular weight excluding hydrogens is 355 g/mol. The van der Waals surface area contributed by atoms with Crippen LogP contribution in [0.3, 0.4) is 0 Å². The molecule has 0 spiro atoms. The van der Waals surface area contributed by atoms with E-state index in [0.717, 1.165) is 0 Å². The van der Waals surface area contributed by atoms with Crippen LogP contribution < -0.4 is 5.32 Å². The van der Waals surface area contributed by atoms with Gasteiger partial charge in [0, 0.05) is 33.6 Å². The number of hydrogen-bond donors (Lipinski definition) is 1. The molecule has 0 amide bonds. The first-order chi connectivity index (χ1) is 12.4. The second-order valence-electron chi connectivity index (χ2n) is 6.11. The molecule has 0 radical (unpaired) electrons. The molecule has 1 aliphatic rings. The highest BCUT2D eigenvalue weighted by molar-refractivity contribution is 6.31. The van der Waals surface area contributed by atoms with Gasteiger partial charge in [-0.25, -0.2) is 9.18 Å². The van der Waals surface area contributed by atoms with Gasteiger partial charge < -0.3 is 10.1 Å². The number of fused-ring (bicyclic) bond motifs is 1. The number of benzene rings is 2. The zero-order valence-corrected chi connectivity index (χ0v) is 15.2. The van der Waals surface area contributed by atoms with Crippen molar-refractivity contribution in [2.45, 2.75) is 20.0 Å². The number of benzodiazepines with no additional fused rings is 1. The van der Waals surface area contributed by atoms with Crippen molar-refractivity contribution in [1.29, 1.82) is 0 Å². The average molecular weight is 373 g/mol. The Morgan fingerprint density at radius 3 is 2.77 bits per heavy atom. The number of ether oxygens (including phenoxy) is 1. The molecule has 3 rings (SSSR count). The molecule has 1 aliphatic heterocycles. The minimum atomic E-state index is -0.456. The van der Waals surface area contributed by atoms with Gasteiger partial charge in [0.25, 0.3) is 0 Å². The second kappa shape index (κ2) is 7.70. The van der Waals surface area contributed by atoms with Crippen LogP contribution in [0.5, 0.6) is 0 Å². The van der Waals surface area contributed by atoms with Crippen LogP contribution in [0.15, 0.2) is 59.2 Å².